The second-order valence-electron chi connectivity index (χ2n) is 3.86. The van der Waals surface area contributed by atoms with Crippen LogP contribution in [0.25, 0.3) is 0 Å². The topological polar surface area (TPSA) is 102 Å². The fraction of sp³-hybridized carbons (Fsp3) is 0.455. The van der Waals surface area contributed by atoms with Gasteiger partial charge in [-0.1, -0.05) is 0 Å². The zero-order valence-electron chi connectivity index (χ0n) is 11.3. The van der Waals surface area contributed by atoms with Crippen molar-refractivity contribution in [2.45, 2.75) is 13.8 Å². The second kappa shape index (κ2) is 9.05. The predicted octanol–water partition coefficient (Wildman–Crippen LogP) is -3.43. The molecule has 0 radical (unpaired) electrons. The molecule has 2 N–H and O–H groups in total. The molecular formula is C11H17ClN4O4. The molecule has 0 fully saturated rings. The third-order valence-corrected chi connectivity index (χ3v) is 2.58. The number of hydrogen-bond acceptors (Lipinski definition) is 5. The number of carbonyl (C=O) groups is 1. The maximum Gasteiger partial charge on any atom is 0.433 e. The number of amides is 1. The summed E-state index contributed by atoms with van der Waals surface area (Å²) in [6, 6.07) is 2.63. The van der Waals surface area contributed by atoms with Crippen LogP contribution < -0.4 is 22.7 Å². The first-order chi connectivity index (χ1) is 9.06. The van der Waals surface area contributed by atoms with Crippen molar-refractivity contribution in [3.05, 3.63) is 28.0 Å². The SMILES string of the molecule is CC[NH+](CC)CC(=O)N/N=C/c1ccc([N+](=O)[O-])o1.[Cl-]. The van der Waals surface area contributed by atoms with Crippen LogP contribution in [0.4, 0.5) is 5.88 Å². The number of rotatable bonds is 7. The molecule has 0 saturated carbocycles. The summed E-state index contributed by atoms with van der Waals surface area (Å²) in [4.78, 5) is 22.4. The van der Waals surface area contributed by atoms with Gasteiger partial charge in [0.15, 0.2) is 12.3 Å². The summed E-state index contributed by atoms with van der Waals surface area (Å²) in [5.41, 5.74) is 2.35. The van der Waals surface area contributed by atoms with Crippen molar-refractivity contribution >= 4 is 18.0 Å². The fourth-order valence-corrected chi connectivity index (χ4v) is 1.44. The minimum absolute atomic E-state index is 0. The zero-order chi connectivity index (χ0) is 14.3. The van der Waals surface area contributed by atoms with E-state index in [0.717, 1.165) is 18.0 Å². The van der Waals surface area contributed by atoms with Gasteiger partial charge in [-0.2, -0.15) is 5.10 Å². The molecule has 0 aromatic carbocycles. The summed E-state index contributed by atoms with van der Waals surface area (Å²) < 4.78 is 4.85. The van der Waals surface area contributed by atoms with Gasteiger partial charge in [-0.05, 0) is 19.9 Å². The number of furan rings is 1. The van der Waals surface area contributed by atoms with E-state index in [-0.39, 0.29) is 30.0 Å². The third kappa shape index (κ3) is 5.81. The van der Waals surface area contributed by atoms with Crippen LogP contribution >= 0.6 is 0 Å². The first kappa shape index (κ1) is 18.1. The van der Waals surface area contributed by atoms with Crippen molar-refractivity contribution in [2.75, 3.05) is 19.6 Å². The van der Waals surface area contributed by atoms with Crippen LogP contribution in [-0.2, 0) is 4.79 Å². The normalized spacial score (nSPS) is 10.6. The summed E-state index contributed by atoms with van der Waals surface area (Å²) >= 11 is 0. The molecule has 0 spiro atoms. The summed E-state index contributed by atoms with van der Waals surface area (Å²) in [5.74, 6) is -0.362. The van der Waals surface area contributed by atoms with Crippen LogP contribution in [0.15, 0.2) is 21.7 Å². The van der Waals surface area contributed by atoms with Gasteiger partial charge in [0.1, 0.15) is 4.92 Å². The van der Waals surface area contributed by atoms with Crippen LogP contribution in [-0.4, -0.2) is 36.7 Å². The molecule has 8 nitrogen and oxygen atoms in total. The van der Waals surface area contributed by atoms with Gasteiger partial charge in [-0.25, -0.2) is 5.43 Å². The molecule has 1 aromatic heterocycles. The molecular weight excluding hydrogens is 288 g/mol. The molecule has 112 valence electrons. The molecule has 0 saturated heterocycles. The summed E-state index contributed by atoms with van der Waals surface area (Å²) in [6.45, 7) is 6.05. The molecule has 1 rings (SSSR count). The smallest absolute Gasteiger partial charge is 0.433 e. The average molecular weight is 305 g/mol. The lowest BCUT2D eigenvalue weighted by Crippen LogP contribution is -3.12. The standard InChI is InChI=1S/C11H16N4O4.ClH/c1-3-14(4-2)8-10(16)13-12-7-9-5-6-11(19-9)15(17)18;/h5-7H,3-4,8H2,1-2H3,(H,13,16);1H/b12-7+;. The van der Waals surface area contributed by atoms with Crippen molar-refractivity contribution in [2.24, 2.45) is 5.10 Å². The minimum Gasteiger partial charge on any atom is -1.00 e. The van der Waals surface area contributed by atoms with Crippen molar-refractivity contribution in [1.29, 1.82) is 0 Å². The van der Waals surface area contributed by atoms with Crippen molar-refractivity contribution < 1.29 is 31.4 Å². The molecule has 0 aliphatic heterocycles. The minimum atomic E-state index is -0.639. The summed E-state index contributed by atoms with van der Waals surface area (Å²) in [5, 5.41) is 14.1. The summed E-state index contributed by atoms with van der Waals surface area (Å²) in [6.07, 6.45) is 1.22. The second-order valence-corrected chi connectivity index (χ2v) is 3.86. The maximum atomic E-state index is 11.5. The van der Waals surface area contributed by atoms with Crippen LogP contribution in [0.1, 0.15) is 19.6 Å². The van der Waals surface area contributed by atoms with Crippen molar-refractivity contribution in [1.82, 2.24) is 5.43 Å². The highest BCUT2D eigenvalue weighted by Crippen LogP contribution is 2.13. The molecule has 1 aromatic rings. The van der Waals surface area contributed by atoms with E-state index in [1.807, 2.05) is 13.8 Å². The van der Waals surface area contributed by atoms with E-state index in [9.17, 15) is 14.9 Å². The molecule has 1 amide bonds. The maximum absolute atomic E-state index is 11.5. The predicted molar refractivity (Wildman–Crippen MR) is 68.0 cm³/mol. The Morgan fingerprint density at radius 1 is 1.50 bits per heavy atom. The highest BCUT2D eigenvalue weighted by Gasteiger charge is 2.11. The van der Waals surface area contributed by atoms with Gasteiger partial charge in [-0.15, -0.1) is 0 Å². The van der Waals surface area contributed by atoms with Crippen LogP contribution in [0, 0.1) is 10.1 Å². The fourth-order valence-electron chi connectivity index (χ4n) is 1.44. The van der Waals surface area contributed by atoms with Crippen molar-refractivity contribution in [3.63, 3.8) is 0 Å². The largest absolute Gasteiger partial charge is 1.00 e. The zero-order valence-corrected chi connectivity index (χ0v) is 12.0. The van der Waals surface area contributed by atoms with E-state index in [1.165, 1.54) is 18.3 Å². The number of nitrogens with one attached hydrogen (secondary N) is 2. The third-order valence-electron chi connectivity index (χ3n) is 2.58. The van der Waals surface area contributed by atoms with Gasteiger partial charge >= 0.3 is 5.88 Å². The van der Waals surface area contributed by atoms with E-state index < -0.39 is 4.92 Å². The first-order valence-corrected chi connectivity index (χ1v) is 5.96. The van der Waals surface area contributed by atoms with Gasteiger partial charge in [-0.3, -0.25) is 14.9 Å². The van der Waals surface area contributed by atoms with Crippen LogP contribution in [0.5, 0.6) is 0 Å². The van der Waals surface area contributed by atoms with E-state index >= 15 is 0 Å². The van der Waals surface area contributed by atoms with E-state index in [4.69, 9.17) is 4.42 Å². The number of hydrogen-bond donors (Lipinski definition) is 2. The Hall–Kier alpha value is -1.93. The van der Waals surface area contributed by atoms with Crippen molar-refractivity contribution in [3.8, 4) is 0 Å². The molecule has 0 bridgehead atoms. The molecule has 0 atom stereocenters. The van der Waals surface area contributed by atoms with Gasteiger partial charge in [0, 0.05) is 0 Å². The number of likely N-dealkylation sites (N-methyl/N-ethyl adjacent to an activating group) is 1. The first-order valence-electron chi connectivity index (χ1n) is 5.96. The lowest BCUT2D eigenvalue weighted by molar-refractivity contribution is -0.888. The molecule has 9 heteroatoms. The quantitative estimate of drug-likeness (QED) is 0.311. The van der Waals surface area contributed by atoms with E-state index in [0.29, 0.717) is 6.54 Å². The highest BCUT2D eigenvalue weighted by atomic mass is 35.5. The average Bonchev–Trinajstić information content (AvgIpc) is 2.85. The Kier molecular flexibility index (Phi) is 8.18. The lowest BCUT2D eigenvalue weighted by Gasteiger charge is -2.13. The molecule has 0 aliphatic carbocycles. The Morgan fingerprint density at radius 3 is 2.65 bits per heavy atom. The Labute approximate surface area is 122 Å². The lowest BCUT2D eigenvalue weighted by atomic mass is 10.4. The Bertz CT molecular complexity index is 471. The number of carbonyl (C=O) groups excluding carboxylic acids is 1. The number of nitro groups is 1. The van der Waals surface area contributed by atoms with E-state index in [1.54, 1.807) is 0 Å². The van der Waals surface area contributed by atoms with Gasteiger partial charge in [0.05, 0.1) is 25.4 Å². The van der Waals surface area contributed by atoms with E-state index in [2.05, 4.69) is 10.5 Å². The van der Waals surface area contributed by atoms with Gasteiger partial charge in [0.25, 0.3) is 5.91 Å². The molecule has 0 aliphatic rings. The monoisotopic (exact) mass is 304 g/mol. The molecule has 1 heterocycles. The Morgan fingerprint density at radius 2 is 2.15 bits per heavy atom. The summed E-state index contributed by atoms with van der Waals surface area (Å²) in [7, 11) is 0. The molecule has 0 unspecified atom stereocenters. The van der Waals surface area contributed by atoms with Crippen LogP contribution in [0.2, 0.25) is 0 Å². The highest BCUT2D eigenvalue weighted by molar-refractivity contribution is 5.80. The number of nitrogens with zero attached hydrogens (tertiary/aromatic N) is 2. The van der Waals surface area contributed by atoms with Crippen LogP contribution in [0.3, 0.4) is 0 Å². The van der Waals surface area contributed by atoms with Gasteiger partial charge in [0.2, 0.25) is 0 Å². The number of hydrazone groups is 1. The number of quaternary nitrogens is 1. The molecule has 20 heavy (non-hydrogen) atoms. The number of halogens is 1. The van der Waals surface area contributed by atoms with Gasteiger partial charge < -0.3 is 21.7 Å². The Balaban J connectivity index is 0.00000361.